The molecule has 2 aromatic heterocycles. The van der Waals surface area contributed by atoms with Crippen LogP contribution in [0.4, 0.5) is 11.8 Å². The normalized spacial score (nSPS) is 15.2. The Morgan fingerprint density at radius 2 is 1.81 bits per heavy atom. The van der Waals surface area contributed by atoms with Crippen LogP contribution in [0.2, 0.25) is 0 Å². The molecule has 0 atom stereocenters. The van der Waals surface area contributed by atoms with E-state index in [2.05, 4.69) is 30.2 Å². The van der Waals surface area contributed by atoms with Crippen molar-refractivity contribution in [1.29, 1.82) is 0 Å². The van der Waals surface area contributed by atoms with Crippen molar-refractivity contribution in [2.24, 2.45) is 0 Å². The van der Waals surface area contributed by atoms with Gasteiger partial charge in [-0.15, -0.1) is 12.4 Å². The Morgan fingerprint density at radius 1 is 1.12 bits per heavy atom. The highest BCUT2D eigenvalue weighted by molar-refractivity contribution is 7.89. The van der Waals surface area contributed by atoms with Crippen molar-refractivity contribution in [3.8, 4) is 11.3 Å². The fourth-order valence-electron chi connectivity index (χ4n) is 3.18. The van der Waals surface area contributed by atoms with Crippen molar-refractivity contribution in [1.82, 2.24) is 29.1 Å². The molecule has 1 saturated heterocycles. The van der Waals surface area contributed by atoms with Crippen molar-refractivity contribution < 1.29 is 13.2 Å². The summed E-state index contributed by atoms with van der Waals surface area (Å²) in [6.45, 7) is 2.30. The van der Waals surface area contributed by atoms with Crippen LogP contribution >= 0.6 is 12.4 Å². The van der Waals surface area contributed by atoms with Gasteiger partial charge in [0.25, 0.3) is 5.91 Å². The Morgan fingerprint density at radius 3 is 2.44 bits per heavy atom. The first kappa shape index (κ1) is 23.6. The van der Waals surface area contributed by atoms with Crippen molar-refractivity contribution in [3.63, 3.8) is 0 Å². The highest BCUT2D eigenvalue weighted by Crippen LogP contribution is 2.23. The predicted octanol–water partition coefficient (Wildman–Crippen LogP) is 1.06. The number of nitrogens with one attached hydrogen (secondary N) is 2. The summed E-state index contributed by atoms with van der Waals surface area (Å²) in [5, 5.41) is 2.55. The number of nitrogens with two attached hydrogens (primary N) is 1. The number of nitrogens with zero attached hydrogens (tertiary/aromatic N) is 5. The van der Waals surface area contributed by atoms with Gasteiger partial charge in [0.2, 0.25) is 16.0 Å². The number of carbonyl (C=O) groups is 1. The molecule has 0 spiro atoms. The molecule has 13 heteroatoms. The average molecular weight is 479 g/mol. The maximum atomic E-state index is 12.9. The van der Waals surface area contributed by atoms with Gasteiger partial charge < -0.3 is 15.6 Å². The molecule has 32 heavy (non-hydrogen) atoms. The molecule has 170 valence electrons. The number of imidazole rings is 1. The van der Waals surface area contributed by atoms with E-state index in [-0.39, 0.29) is 34.8 Å². The largest absolute Gasteiger partial charge is 0.382 e. The Bertz CT molecular complexity index is 1180. The van der Waals surface area contributed by atoms with E-state index in [0.717, 1.165) is 0 Å². The smallest absolute Gasteiger partial charge is 0.280 e. The second-order valence-corrected chi connectivity index (χ2v) is 9.05. The molecule has 0 bridgehead atoms. The summed E-state index contributed by atoms with van der Waals surface area (Å²) >= 11 is 0. The topological polar surface area (TPSA) is 150 Å². The van der Waals surface area contributed by atoms with E-state index in [1.807, 2.05) is 7.05 Å². The molecule has 0 unspecified atom stereocenters. The number of aromatic amines is 1. The highest BCUT2D eigenvalue weighted by atomic mass is 35.5. The zero-order chi connectivity index (χ0) is 22.0. The molecule has 0 aliphatic carbocycles. The third kappa shape index (κ3) is 4.88. The van der Waals surface area contributed by atoms with Gasteiger partial charge in [0.1, 0.15) is 0 Å². The summed E-state index contributed by atoms with van der Waals surface area (Å²) in [6, 6.07) is 6.34. The van der Waals surface area contributed by atoms with Crippen LogP contribution in [0.25, 0.3) is 11.3 Å². The Kier molecular flexibility index (Phi) is 7.09. The summed E-state index contributed by atoms with van der Waals surface area (Å²) in [5.41, 5.74) is 6.76. The highest BCUT2D eigenvalue weighted by Gasteiger charge is 2.27. The number of carbonyl (C=O) groups excluding carboxylic acids is 1. The molecule has 1 aromatic carbocycles. The fourth-order valence-corrected chi connectivity index (χ4v) is 4.60. The summed E-state index contributed by atoms with van der Waals surface area (Å²) < 4.78 is 27.3. The average Bonchev–Trinajstić information content (AvgIpc) is 3.27. The van der Waals surface area contributed by atoms with Crippen LogP contribution in [0.1, 0.15) is 10.5 Å². The van der Waals surface area contributed by atoms with Gasteiger partial charge in [0, 0.05) is 44.1 Å². The molecule has 4 N–H and O–H groups in total. The molecule has 0 saturated carbocycles. The monoisotopic (exact) mass is 478 g/mol. The number of nitrogen functional groups attached to an aromatic ring is 1. The van der Waals surface area contributed by atoms with Crippen LogP contribution < -0.4 is 11.1 Å². The Hall–Kier alpha value is -3.06. The molecule has 1 amide bonds. The predicted molar refractivity (Wildman–Crippen MR) is 122 cm³/mol. The maximum absolute atomic E-state index is 12.9. The quantitative estimate of drug-likeness (QED) is 0.492. The van der Waals surface area contributed by atoms with Gasteiger partial charge in [-0.2, -0.15) is 4.31 Å². The van der Waals surface area contributed by atoms with Crippen LogP contribution in [-0.2, 0) is 10.0 Å². The number of benzene rings is 1. The molecule has 0 radical (unpaired) electrons. The lowest BCUT2D eigenvalue weighted by molar-refractivity contribution is 0.102. The number of anilines is 2. The zero-order valence-corrected chi connectivity index (χ0v) is 18.9. The van der Waals surface area contributed by atoms with Crippen LogP contribution in [0.5, 0.6) is 0 Å². The number of halogens is 1. The third-order valence-corrected chi connectivity index (χ3v) is 6.91. The van der Waals surface area contributed by atoms with Crippen LogP contribution in [-0.4, -0.2) is 76.7 Å². The van der Waals surface area contributed by atoms with Gasteiger partial charge in [0.05, 0.1) is 16.8 Å². The third-order valence-electron chi connectivity index (χ3n) is 5.00. The van der Waals surface area contributed by atoms with Crippen molar-refractivity contribution >= 4 is 40.1 Å². The molecular weight excluding hydrogens is 456 g/mol. The van der Waals surface area contributed by atoms with Gasteiger partial charge in [0.15, 0.2) is 11.5 Å². The maximum Gasteiger partial charge on any atom is 0.280 e. The molecule has 3 heterocycles. The van der Waals surface area contributed by atoms with Gasteiger partial charge in [-0.25, -0.2) is 23.4 Å². The van der Waals surface area contributed by atoms with E-state index in [4.69, 9.17) is 5.73 Å². The van der Waals surface area contributed by atoms with Crippen molar-refractivity contribution in [2.75, 3.05) is 44.3 Å². The number of hydrogen-bond donors (Lipinski definition) is 3. The summed E-state index contributed by atoms with van der Waals surface area (Å²) in [4.78, 5) is 29.8. The van der Waals surface area contributed by atoms with Crippen molar-refractivity contribution in [3.05, 3.63) is 48.5 Å². The molecule has 4 rings (SSSR count). The zero-order valence-electron chi connectivity index (χ0n) is 17.2. The SMILES string of the molecule is CN1CCN(S(=O)(=O)c2ccc(-c3cnc(N)c(C(=O)Nc4ncc[nH]4)n3)cc2)CC1.Cl. The molecule has 3 aromatic rings. The second-order valence-electron chi connectivity index (χ2n) is 7.11. The minimum atomic E-state index is -3.57. The summed E-state index contributed by atoms with van der Waals surface area (Å²) in [5.74, 6) is -0.326. The summed E-state index contributed by atoms with van der Waals surface area (Å²) in [7, 11) is -1.60. The van der Waals surface area contributed by atoms with Gasteiger partial charge in [-0.3, -0.25) is 10.1 Å². The van der Waals surface area contributed by atoms with E-state index in [9.17, 15) is 13.2 Å². The van der Waals surface area contributed by atoms with Gasteiger partial charge in [-0.1, -0.05) is 12.1 Å². The number of amides is 1. The van der Waals surface area contributed by atoms with Crippen LogP contribution in [0, 0.1) is 0 Å². The molecule has 1 aliphatic heterocycles. The number of aromatic nitrogens is 4. The van der Waals surface area contributed by atoms with Gasteiger partial charge in [-0.05, 0) is 19.2 Å². The summed E-state index contributed by atoms with van der Waals surface area (Å²) in [6.07, 6.45) is 4.50. The van der Waals surface area contributed by atoms with E-state index in [1.165, 1.54) is 28.8 Å². The minimum absolute atomic E-state index is 0. The van der Waals surface area contributed by atoms with E-state index in [0.29, 0.717) is 37.4 Å². The first-order valence-corrected chi connectivity index (χ1v) is 11.0. The fraction of sp³-hybridized carbons (Fsp3) is 0.263. The van der Waals surface area contributed by atoms with Crippen molar-refractivity contribution in [2.45, 2.75) is 4.90 Å². The number of piperazine rings is 1. The number of sulfonamides is 1. The van der Waals surface area contributed by atoms with E-state index < -0.39 is 15.9 Å². The van der Waals surface area contributed by atoms with E-state index in [1.54, 1.807) is 18.3 Å². The molecular formula is C19H23ClN8O3S. The van der Waals surface area contributed by atoms with Gasteiger partial charge >= 0.3 is 0 Å². The lowest BCUT2D eigenvalue weighted by atomic mass is 10.1. The number of hydrogen-bond acceptors (Lipinski definition) is 8. The number of H-pyrrole nitrogens is 1. The Balaban J connectivity index is 0.00000289. The molecule has 1 aliphatic rings. The minimum Gasteiger partial charge on any atom is -0.382 e. The molecule has 11 nitrogen and oxygen atoms in total. The standard InChI is InChI=1S/C19H22N8O3S.ClH/c1-26-8-10-27(11-9-26)31(29,30)14-4-2-13(3-5-14)15-12-23-17(20)16(24-15)18(28)25-19-21-6-7-22-19;/h2-7,12H,8-11H2,1H3,(H2,20,23)(H2,21,22,25,28);1H. The van der Waals surface area contributed by atoms with Crippen LogP contribution in [0.3, 0.4) is 0 Å². The van der Waals surface area contributed by atoms with E-state index >= 15 is 0 Å². The van der Waals surface area contributed by atoms with Crippen LogP contribution in [0.15, 0.2) is 47.8 Å². The number of rotatable bonds is 5. The molecule has 1 fully saturated rings. The second kappa shape index (κ2) is 9.61. The Labute approximate surface area is 191 Å². The first-order chi connectivity index (χ1) is 14.8. The lowest BCUT2D eigenvalue weighted by Gasteiger charge is -2.31. The first-order valence-electron chi connectivity index (χ1n) is 9.57. The number of likely N-dealkylation sites (N-methyl/N-ethyl adjacent to an activating group) is 1. The lowest BCUT2D eigenvalue weighted by Crippen LogP contribution is -2.46.